The number of ether oxygens (including phenoxy) is 1. The molecule has 0 N–H and O–H groups in total. The number of halogens is 1. The van der Waals surface area contributed by atoms with Gasteiger partial charge in [0.1, 0.15) is 12.1 Å². The van der Waals surface area contributed by atoms with Crippen molar-refractivity contribution < 1.29 is 9.53 Å². The lowest BCUT2D eigenvalue weighted by molar-refractivity contribution is -0.139. The van der Waals surface area contributed by atoms with Gasteiger partial charge in [0, 0.05) is 18.1 Å². The molecule has 1 aliphatic heterocycles. The molecule has 0 spiro atoms. The van der Waals surface area contributed by atoms with Crippen LogP contribution in [0.2, 0.25) is 5.02 Å². The van der Waals surface area contributed by atoms with Crippen LogP contribution in [-0.4, -0.2) is 38.2 Å². The van der Waals surface area contributed by atoms with Crippen LogP contribution in [0.15, 0.2) is 30.6 Å². The van der Waals surface area contributed by atoms with Crippen molar-refractivity contribution in [2.45, 2.75) is 26.1 Å². The molecule has 6 nitrogen and oxygen atoms in total. The molecule has 1 aromatic carbocycles. The summed E-state index contributed by atoms with van der Waals surface area (Å²) in [6.07, 6.45) is 1.11. The molecule has 0 bridgehead atoms. The fraction of sp³-hybridized carbons (Fsp3) is 0.357. The molecule has 2 aromatic rings. The Hall–Kier alpha value is -2.08. The maximum absolute atomic E-state index is 12.4. The first-order chi connectivity index (χ1) is 10.1. The third-order valence-electron chi connectivity index (χ3n) is 3.41. The summed E-state index contributed by atoms with van der Waals surface area (Å²) in [4.78, 5) is 14.2. The lowest BCUT2D eigenvalue weighted by Gasteiger charge is -2.29. The van der Waals surface area contributed by atoms with Crippen LogP contribution in [0, 0.1) is 0 Å². The summed E-state index contributed by atoms with van der Waals surface area (Å²) >= 11 is 5.91. The molecule has 21 heavy (non-hydrogen) atoms. The Morgan fingerprint density at radius 1 is 1.43 bits per heavy atom. The summed E-state index contributed by atoms with van der Waals surface area (Å²) in [5, 5.41) is 8.44. The highest BCUT2D eigenvalue weighted by molar-refractivity contribution is 6.30. The van der Waals surface area contributed by atoms with Crippen molar-refractivity contribution in [3.63, 3.8) is 0 Å². The molecule has 0 radical (unpaired) electrons. The highest BCUT2D eigenvalue weighted by atomic mass is 35.5. The van der Waals surface area contributed by atoms with E-state index in [1.807, 2.05) is 4.57 Å². The predicted octanol–water partition coefficient (Wildman–Crippen LogP) is 1.74. The van der Waals surface area contributed by atoms with Crippen LogP contribution in [0.25, 0.3) is 0 Å². The van der Waals surface area contributed by atoms with Gasteiger partial charge in [0.2, 0.25) is 0 Å². The Morgan fingerprint density at radius 3 is 3.10 bits per heavy atom. The lowest BCUT2D eigenvalue weighted by atomic mass is 10.2. The third kappa shape index (κ3) is 3.00. The van der Waals surface area contributed by atoms with Crippen LogP contribution < -0.4 is 4.74 Å². The van der Waals surface area contributed by atoms with Crippen LogP contribution >= 0.6 is 11.6 Å². The summed E-state index contributed by atoms with van der Waals surface area (Å²) in [5.74, 6) is 1.32. The standard InChI is InChI=1S/C14H15ClN4O2/c1-10(21-12-4-2-3-11(15)7-12)14(20)18-5-6-19-9-16-17-13(19)8-18/h2-4,7,9-10H,5-6,8H2,1H3/t10-/m1/s1. The van der Waals surface area contributed by atoms with Gasteiger partial charge in [-0.1, -0.05) is 17.7 Å². The van der Waals surface area contributed by atoms with Gasteiger partial charge in [-0.3, -0.25) is 4.79 Å². The van der Waals surface area contributed by atoms with Crippen molar-refractivity contribution in [1.82, 2.24) is 19.7 Å². The smallest absolute Gasteiger partial charge is 0.263 e. The largest absolute Gasteiger partial charge is 0.481 e. The van der Waals surface area contributed by atoms with E-state index >= 15 is 0 Å². The zero-order valence-electron chi connectivity index (χ0n) is 11.6. The minimum atomic E-state index is -0.571. The number of nitrogens with zero attached hydrogens (tertiary/aromatic N) is 4. The molecule has 0 aliphatic carbocycles. The van der Waals surface area contributed by atoms with Gasteiger partial charge in [-0.2, -0.15) is 0 Å². The second kappa shape index (κ2) is 5.73. The van der Waals surface area contributed by atoms with Gasteiger partial charge in [-0.25, -0.2) is 0 Å². The van der Waals surface area contributed by atoms with Crippen molar-refractivity contribution >= 4 is 17.5 Å². The molecule has 0 saturated carbocycles. The van der Waals surface area contributed by atoms with Crippen molar-refractivity contribution in [3.05, 3.63) is 41.4 Å². The Balaban J connectivity index is 1.65. The number of carbonyl (C=O) groups is 1. The first-order valence-electron chi connectivity index (χ1n) is 6.71. The van der Waals surface area contributed by atoms with Gasteiger partial charge < -0.3 is 14.2 Å². The second-order valence-corrected chi connectivity index (χ2v) is 5.35. The molecule has 0 saturated heterocycles. The van der Waals surface area contributed by atoms with Crippen LogP contribution in [-0.2, 0) is 17.9 Å². The van der Waals surface area contributed by atoms with Gasteiger partial charge in [0.15, 0.2) is 11.9 Å². The molecule has 2 heterocycles. The van der Waals surface area contributed by atoms with E-state index in [-0.39, 0.29) is 5.91 Å². The summed E-state index contributed by atoms with van der Waals surface area (Å²) in [6, 6.07) is 7.03. The first kappa shape index (κ1) is 13.9. The van der Waals surface area contributed by atoms with E-state index in [2.05, 4.69) is 10.2 Å². The van der Waals surface area contributed by atoms with Crippen LogP contribution in [0.5, 0.6) is 5.75 Å². The van der Waals surface area contributed by atoms with E-state index < -0.39 is 6.10 Å². The highest BCUT2D eigenvalue weighted by Gasteiger charge is 2.26. The van der Waals surface area contributed by atoms with Gasteiger partial charge in [-0.05, 0) is 25.1 Å². The van der Waals surface area contributed by atoms with Gasteiger partial charge >= 0.3 is 0 Å². The second-order valence-electron chi connectivity index (χ2n) is 4.92. The molecule has 1 amide bonds. The number of rotatable bonds is 3. The summed E-state index contributed by atoms with van der Waals surface area (Å²) in [6.45, 7) is 3.54. The molecular formula is C14H15ClN4O2. The van der Waals surface area contributed by atoms with E-state index in [4.69, 9.17) is 16.3 Å². The van der Waals surface area contributed by atoms with E-state index in [1.54, 1.807) is 42.4 Å². The Labute approximate surface area is 127 Å². The Morgan fingerprint density at radius 2 is 2.29 bits per heavy atom. The predicted molar refractivity (Wildman–Crippen MR) is 77.0 cm³/mol. The van der Waals surface area contributed by atoms with Crippen LogP contribution in [0.3, 0.4) is 0 Å². The van der Waals surface area contributed by atoms with Gasteiger partial charge in [0.25, 0.3) is 5.91 Å². The molecule has 1 aromatic heterocycles. The SMILES string of the molecule is C[C@@H](Oc1cccc(Cl)c1)C(=O)N1CCn2cnnc2C1. The van der Waals surface area contributed by atoms with Crippen LogP contribution in [0.1, 0.15) is 12.7 Å². The summed E-state index contributed by atoms with van der Waals surface area (Å²) in [7, 11) is 0. The van der Waals surface area contributed by atoms with Crippen molar-refractivity contribution in [3.8, 4) is 5.75 Å². The molecule has 7 heteroatoms. The molecule has 0 unspecified atom stereocenters. The van der Waals surface area contributed by atoms with Crippen molar-refractivity contribution in [1.29, 1.82) is 0 Å². The summed E-state index contributed by atoms with van der Waals surface area (Å²) < 4.78 is 7.61. The Bertz CT molecular complexity index is 658. The quantitative estimate of drug-likeness (QED) is 0.866. The normalized spacial score (nSPS) is 15.4. The molecular weight excluding hydrogens is 292 g/mol. The maximum atomic E-state index is 12.4. The first-order valence-corrected chi connectivity index (χ1v) is 7.09. The minimum absolute atomic E-state index is 0.0655. The van der Waals surface area contributed by atoms with E-state index in [0.29, 0.717) is 30.4 Å². The fourth-order valence-corrected chi connectivity index (χ4v) is 2.49. The van der Waals surface area contributed by atoms with Gasteiger partial charge in [0.05, 0.1) is 6.54 Å². The number of fused-ring (bicyclic) bond motifs is 1. The number of benzene rings is 1. The highest BCUT2D eigenvalue weighted by Crippen LogP contribution is 2.19. The zero-order valence-corrected chi connectivity index (χ0v) is 12.3. The van der Waals surface area contributed by atoms with E-state index in [0.717, 1.165) is 5.82 Å². The van der Waals surface area contributed by atoms with Crippen molar-refractivity contribution in [2.24, 2.45) is 0 Å². The lowest BCUT2D eigenvalue weighted by Crippen LogP contribution is -2.44. The fourth-order valence-electron chi connectivity index (χ4n) is 2.31. The van der Waals surface area contributed by atoms with Crippen LogP contribution in [0.4, 0.5) is 0 Å². The van der Waals surface area contributed by atoms with E-state index in [1.165, 1.54) is 0 Å². The Kier molecular flexibility index (Phi) is 3.79. The summed E-state index contributed by atoms with van der Waals surface area (Å²) in [5.41, 5.74) is 0. The number of amides is 1. The monoisotopic (exact) mass is 306 g/mol. The molecule has 110 valence electrons. The number of carbonyl (C=O) groups excluding carboxylic acids is 1. The molecule has 0 fully saturated rings. The maximum Gasteiger partial charge on any atom is 0.263 e. The number of aromatic nitrogens is 3. The van der Waals surface area contributed by atoms with E-state index in [9.17, 15) is 4.79 Å². The molecule has 3 rings (SSSR count). The molecule has 1 atom stereocenters. The number of hydrogen-bond donors (Lipinski definition) is 0. The average Bonchev–Trinajstić information content (AvgIpc) is 2.93. The topological polar surface area (TPSA) is 60.2 Å². The minimum Gasteiger partial charge on any atom is -0.481 e. The van der Waals surface area contributed by atoms with Gasteiger partial charge in [-0.15, -0.1) is 10.2 Å². The zero-order chi connectivity index (χ0) is 14.8. The third-order valence-corrected chi connectivity index (χ3v) is 3.64. The molecule has 1 aliphatic rings. The van der Waals surface area contributed by atoms with Crippen molar-refractivity contribution in [2.75, 3.05) is 6.54 Å². The average molecular weight is 307 g/mol. The number of hydrogen-bond acceptors (Lipinski definition) is 4.